The summed E-state index contributed by atoms with van der Waals surface area (Å²) in [6.07, 6.45) is 10.7. The largest absolute Gasteiger partial charge is 0.411 e. The predicted octanol–water partition coefficient (Wildman–Crippen LogP) is 3.01. The molecule has 0 bridgehead atoms. The van der Waals surface area contributed by atoms with Gasteiger partial charge in [-0.05, 0) is 30.5 Å². The van der Waals surface area contributed by atoms with E-state index in [0.717, 1.165) is 36.8 Å². The first-order valence-corrected chi connectivity index (χ1v) is 12.1. The summed E-state index contributed by atoms with van der Waals surface area (Å²) in [5.74, 6) is 0. The summed E-state index contributed by atoms with van der Waals surface area (Å²) < 4.78 is 23.8. The van der Waals surface area contributed by atoms with E-state index in [1.807, 2.05) is 0 Å². The zero-order chi connectivity index (χ0) is 22.5. The standard InChI is InChI=1S/C20H26N4O6S/c1-31(28,29)20-9-7-16(8-10-20)17-13-21-24(14-17,19-5-3-2-4-6-19)12-11-18(22-25)15-30-23(26)27/h7-10,13-14,19H,2-6,11-12,15H2,1H3/p+1. The molecule has 0 amide bonds. The van der Waals surface area contributed by atoms with Gasteiger partial charge in [0.2, 0.25) is 0 Å². The van der Waals surface area contributed by atoms with Crippen molar-refractivity contribution < 1.29 is 28.1 Å². The summed E-state index contributed by atoms with van der Waals surface area (Å²) in [4.78, 5) is 15.0. The highest BCUT2D eigenvalue weighted by Crippen LogP contribution is 2.35. The molecule has 1 aliphatic carbocycles. The Labute approximate surface area is 181 Å². The third-order valence-corrected chi connectivity index (χ3v) is 6.96. The van der Waals surface area contributed by atoms with Crippen LogP contribution < -0.4 is 0 Å². The fourth-order valence-corrected chi connectivity index (χ4v) is 4.77. The Morgan fingerprint density at radius 2 is 1.97 bits per heavy atom. The maximum atomic E-state index is 11.7. The molecular formula is C20H27N4O6S+. The lowest BCUT2D eigenvalue weighted by atomic mass is 9.93. The third kappa shape index (κ3) is 5.67. The molecule has 2 aliphatic rings. The molecule has 0 aromatic heterocycles. The van der Waals surface area contributed by atoms with E-state index in [9.17, 15) is 23.7 Å². The van der Waals surface area contributed by atoms with E-state index in [4.69, 9.17) is 5.10 Å². The third-order valence-electron chi connectivity index (χ3n) is 5.83. The lowest BCUT2D eigenvalue weighted by Crippen LogP contribution is -2.48. The number of nitrogens with zero attached hydrogens (tertiary/aromatic N) is 4. The van der Waals surface area contributed by atoms with Crippen LogP contribution in [0.15, 0.2) is 45.6 Å². The van der Waals surface area contributed by atoms with Gasteiger partial charge in [-0.25, -0.2) is 8.42 Å². The SMILES string of the molecule is CS(=O)(=O)c1ccc(C2=C[N+](CCC(CO[N+](=O)[O-])=NO)(C3CCCCC3)N=C2)cc1. The second-order valence-corrected chi connectivity index (χ2v) is 9.96. The van der Waals surface area contributed by atoms with E-state index in [-0.39, 0.29) is 29.7 Å². The smallest absolute Gasteiger partial charge is 0.294 e. The molecule has 168 valence electrons. The van der Waals surface area contributed by atoms with Gasteiger partial charge >= 0.3 is 0 Å². The number of rotatable bonds is 9. The zero-order valence-corrected chi connectivity index (χ0v) is 18.2. The summed E-state index contributed by atoms with van der Waals surface area (Å²) in [7, 11) is -3.27. The Balaban J connectivity index is 1.83. The van der Waals surface area contributed by atoms with Crippen molar-refractivity contribution in [3.63, 3.8) is 0 Å². The quantitative estimate of drug-likeness (QED) is 0.202. The first-order chi connectivity index (χ1) is 14.7. The van der Waals surface area contributed by atoms with Crippen LogP contribution in [0.5, 0.6) is 0 Å². The van der Waals surface area contributed by atoms with Crippen molar-refractivity contribution in [2.45, 2.75) is 49.5 Å². The van der Waals surface area contributed by atoms with Crippen LogP contribution in [0.2, 0.25) is 0 Å². The molecule has 10 nitrogen and oxygen atoms in total. The number of oxime groups is 1. The molecule has 1 aromatic rings. The van der Waals surface area contributed by atoms with Gasteiger partial charge in [0.1, 0.15) is 25.4 Å². The van der Waals surface area contributed by atoms with Gasteiger partial charge in [0.15, 0.2) is 9.84 Å². The van der Waals surface area contributed by atoms with Crippen molar-refractivity contribution in [1.29, 1.82) is 0 Å². The Hall–Kier alpha value is -2.79. The second kappa shape index (κ2) is 9.56. The summed E-state index contributed by atoms with van der Waals surface area (Å²) >= 11 is 0. The van der Waals surface area contributed by atoms with Gasteiger partial charge in [0.25, 0.3) is 5.09 Å². The van der Waals surface area contributed by atoms with Crippen molar-refractivity contribution in [3.05, 3.63) is 46.1 Å². The summed E-state index contributed by atoms with van der Waals surface area (Å²) in [5.41, 5.74) is 1.92. The van der Waals surface area contributed by atoms with Crippen molar-refractivity contribution >= 4 is 27.3 Å². The van der Waals surface area contributed by atoms with Gasteiger partial charge in [-0.3, -0.25) is 0 Å². The van der Waals surface area contributed by atoms with Crippen LogP contribution in [0.1, 0.15) is 44.1 Å². The van der Waals surface area contributed by atoms with E-state index in [1.165, 1.54) is 12.7 Å². The summed E-state index contributed by atoms with van der Waals surface area (Å²) in [6, 6.07) is 6.95. The fraction of sp³-hybridized carbons (Fsp3) is 0.500. The number of hydrogen-bond donors (Lipinski definition) is 1. The van der Waals surface area contributed by atoms with E-state index in [0.29, 0.717) is 11.1 Å². The lowest BCUT2D eigenvalue weighted by molar-refractivity contribution is -0.909. The molecule has 0 radical (unpaired) electrons. The Bertz CT molecular complexity index is 997. The van der Waals surface area contributed by atoms with Crippen LogP contribution in [0.4, 0.5) is 0 Å². The molecule has 0 spiro atoms. The van der Waals surface area contributed by atoms with Crippen LogP contribution in [0.3, 0.4) is 0 Å². The average molecular weight is 452 g/mol. The first kappa shape index (κ1) is 22.9. The molecule has 1 aromatic carbocycles. The molecule has 1 fully saturated rings. The predicted molar refractivity (Wildman–Crippen MR) is 115 cm³/mol. The van der Waals surface area contributed by atoms with Crippen molar-refractivity contribution in [3.8, 4) is 0 Å². The molecule has 1 heterocycles. The van der Waals surface area contributed by atoms with E-state index in [2.05, 4.69) is 16.2 Å². The van der Waals surface area contributed by atoms with Gasteiger partial charge in [0.05, 0.1) is 22.4 Å². The second-order valence-electron chi connectivity index (χ2n) is 7.94. The van der Waals surface area contributed by atoms with Crippen LogP contribution >= 0.6 is 0 Å². The normalized spacial score (nSPS) is 22.4. The van der Waals surface area contributed by atoms with Gasteiger partial charge < -0.3 is 10.0 Å². The van der Waals surface area contributed by atoms with Crippen LogP contribution in [-0.2, 0) is 14.7 Å². The van der Waals surface area contributed by atoms with Crippen molar-refractivity contribution in [2.75, 3.05) is 19.4 Å². The maximum absolute atomic E-state index is 11.7. The number of benzene rings is 1. The Morgan fingerprint density at radius 1 is 1.29 bits per heavy atom. The summed E-state index contributed by atoms with van der Waals surface area (Å²) in [5, 5.41) is 26.7. The first-order valence-electron chi connectivity index (χ1n) is 10.2. The topological polar surface area (TPSA) is 131 Å². The highest BCUT2D eigenvalue weighted by atomic mass is 32.2. The van der Waals surface area contributed by atoms with Gasteiger partial charge in [-0.1, -0.05) is 28.8 Å². The molecule has 0 saturated heterocycles. The molecular weight excluding hydrogens is 424 g/mol. The minimum Gasteiger partial charge on any atom is -0.411 e. The molecule has 1 aliphatic heterocycles. The van der Waals surface area contributed by atoms with E-state index < -0.39 is 14.9 Å². The number of quaternary nitrogens is 1. The molecule has 11 heteroatoms. The monoisotopic (exact) mass is 451 g/mol. The fourth-order valence-electron chi connectivity index (χ4n) is 4.14. The number of allylic oxidation sites excluding steroid dienone is 1. The van der Waals surface area contributed by atoms with Crippen molar-refractivity contribution in [2.24, 2.45) is 10.3 Å². The van der Waals surface area contributed by atoms with E-state index >= 15 is 0 Å². The summed E-state index contributed by atoms with van der Waals surface area (Å²) in [6.45, 7) is 0.0912. The highest BCUT2D eigenvalue weighted by Gasteiger charge is 2.40. The van der Waals surface area contributed by atoms with Crippen LogP contribution in [0.25, 0.3) is 5.57 Å². The Morgan fingerprint density at radius 3 is 2.55 bits per heavy atom. The van der Waals surface area contributed by atoms with E-state index in [1.54, 1.807) is 30.5 Å². The molecule has 1 N–H and O–H groups in total. The molecule has 1 atom stereocenters. The van der Waals surface area contributed by atoms with Crippen LogP contribution in [-0.4, -0.2) is 60.7 Å². The highest BCUT2D eigenvalue weighted by molar-refractivity contribution is 7.90. The van der Waals surface area contributed by atoms with Gasteiger partial charge in [-0.2, -0.15) is 4.59 Å². The minimum absolute atomic E-state index is 0.180. The van der Waals surface area contributed by atoms with Gasteiger partial charge in [-0.15, -0.1) is 10.1 Å². The van der Waals surface area contributed by atoms with Gasteiger partial charge in [0, 0.05) is 25.5 Å². The zero-order valence-electron chi connectivity index (χ0n) is 17.4. The molecule has 1 saturated carbocycles. The molecule has 1 unspecified atom stereocenters. The van der Waals surface area contributed by atoms with Crippen molar-refractivity contribution in [1.82, 2.24) is 0 Å². The number of sulfone groups is 1. The van der Waals surface area contributed by atoms with Crippen LogP contribution in [0, 0.1) is 10.1 Å². The average Bonchev–Trinajstić information content (AvgIpc) is 3.19. The lowest BCUT2D eigenvalue weighted by Gasteiger charge is -2.36. The minimum atomic E-state index is -3.27. The number of hydrogen-bond acceptors (Lipinski definition) is 8. The maximum Gasteiger partial charge on any atom is 0.294 e. The Kier molecular flexibility index (Phi) is 7.06. The molecule has 3 rings (SSSR count). The molecule has 31 heavy (non-hydrogen) atoms.